The van der Waals surface area contributed by atoms with Crippen molar-refractivity contribution in [2.75, 3.05) is 0 Å². The average Bonchev–Trinajstić information content (AvgIpc) is 2.41. The van der Waals surface area contributed by atoms with Crippen LogP contribution in [0, 0.1) is 0 Å². The van der Waals surface area contributed by atoms with Crippen molar-refractivity contribution in [1.29, 1.82) is 0 Å². The summed E-state index contributed by atoms with van der Waals surface area (Å²) in [6.07, 6.45) is 7.02. The molecule has 0 aromatic rings. The summed E-state index contributed by atoms with van der Waals surface area (Å²) < 4.78 is 0. The van der Waals surface area contributed by atoms with Gasteiger partial charge in [0.1, 0.15) is 0 Å². The van der Waals surface area contributed by atoms with Crippen LogP contribution in [0.1, 0.15) is 55.4 Å². The molecule has 0 rings (SSSR count). The van der Waals surface area contributed by atoms with Crippen molar-refractivity contribution < 1.29 is 15.1 Å². The van der Waals surface area contributed by atoms with Crippen molar-refractivity contribution in [3.8, 4) is 0 Å². The van der Waals surface area contributed by atoms with Gasteiger partial charge in [0, 0.05) is 49.0 Å². The zero-order valence-electron chi connectivity index (χ0n) is 15.5. The van der Waals surface area contributed by atoms with Crippen LogP contribution in [-0.2, 0) is 15.1 Å². The molecule has 0 aromatic heterocycles. The standard InChI is InChI=1S/2C8H16N2.2ClH.Ru/c2*1-7(2)9-5-6-10-8(3)4;;;/h2*5-8H,1-4H3;2*1H;/q;;;;+2/p-2. The Morgan fingerprint density at radius 3 is 0.739 bits per heavy atom. The first kappa shape index (κ1) is 27.7. The summed E-state index contributed by atoms with van der Waals surface area (Å²) in [5.74, 6) is 0. The Kier molecular flexibility index (Phi) is 26.4. The Morgan fingerprint density at radius 2 is 0.652 bits per heavy atom. The molecule has 0 unspecified atom stereocenters. The molecule has 0 atom stereocenters. The summed E-state index contributed by atoms with van der Waals surface area (Å²) in [4.78, 5) is 16.5. The molecule has 7 heteroatoms. The van der Waals surface area contributed by atoms with Gasteiger partial charge in [-0.1, -0.05) is 0 Å². The van der Waals surface area contributed by atoms with Crippen LogP contribution in [0.2, 0.25) is 0 Å². The van der Waals surface area contributed by atoms with Gasteiger partial charge in [0.25, 0.3) is 0 Å². The van der Waals surface area contributed by atoms with E-state index in [1.54, 1.807) is 24.9 Å². The zero-order valence-corrected chi connectivity index (χ0v) is 18.8. The minimum atomic E-state index is -0.346. The number of hydrogen-bond donors (Lipinski definition) is 0. The van der Waals surface area contributed by atoms with Gasteiger partial charge in [0.15, 0.2) is 0 Å². The molecule has 0 amide bonds. The summed E-state index contributed by atoms with van der Waals surface area (Å²) in [7, 11) is 9.71. The van der Waals surface area contributed by atoms with Crippen LogP contribution in [0.4, 0.5) is 0 Å². The van der Waals surface area contributed by atoms with Gasteiger partial charge in [0.2, 0.25) is 0 Å². The summed E-state index contributed by atoms with van der Waals surface area (Å²) in [5, 5.41) is 0. The third-order valence-corrected chi connectivity index (χ3v) is 1.67. The van der Waals surface area contributed by atoms with Gasteiger partial charge >= 0.3 is 34.5 Å². The number of nitrogens with zero attached hydrogens (tertiary/aromatic N) is 4. The second-order valence-electron chi connectivity index (χ2n) is 5.62. The van der Waals surface area contributed by atoms with Crippen molar-refractivity contribution in [2.24, 2.45) is 20.0 Å². The van der Waals surface area contributed by atoms with Gasteiger partial charge in [-0.3, -0.25) is 20.0 Å². The topological polar surface area (TPSA) is 49.4 Å². The van der Waals surface area contributed by atoms with E-state index in [9.17, 15) is 0 Å². The molecule has 0 spiro atoms. The summed E-state index contributed by atoms with van der Waals surface area (Å²) in [6, 6.07) is 1.49. The van der Waals surface area contributed by atoms with Gasteiger partial charge in [0.05, 0.1) is 0 Å². The first-order valence-corrected chi connectivity index (χ1v) is 12.1. The number of aliphatic imine (C=N–C) groups is 4. The van der Waals surface area contributed by atoms with E-state index in [2.05, 4.69) is 20.0 Å². The van der Waals surface area contributed by atoms with E-state index in [0.29, 0.717) is 24.2 Å². The second kappa shape index (κ2) is 21.9. The van der Waals surface area contributed by atoms with Crippen molar-refractivity contribution in [1.82, 2.24) is 0 Å². The monoisotopic (exact) mass is 452 g/mol. The molecule has 0 fully saturated rings. The van der Waals surface area contributed by atoms with E-state index in [1.807, 2.05) is 55.4 Å². The molecule has 0 saturated heterocycles. The van der Waals surface area contributed by atoms with Crippen molar-refractivity contribution in [2.45, 2.75) is 79.6 Å². The quantitative estimate of drug-likeness (QED) is 0.390. The normalized spacial score (nSPS) is 12.3. The van der Waals surface area contributed by atoms with Crippen LogP contribution in [0.25, 0.3) is 0 Å². The van der Waals surface area contributed by atoms with Crippen molar-refractivity contribution >= 4 is 44.2 Å². The van der Waals surface area contributed by atoms with Crippen molar-refractivity contribution in [3.63, 3.8) is 0 Å². The molecular formula is C16H32Cl2N4Ru. The molecule has 0 aliphatic rings. The minimum absolute atomic E-state index is 0.346. The summed E-state index contributed by atoms with van der Waals surface area (Å²) in [5.41, 5.74) is 0. The Labute approximate surface area is 158 Å². The molecule has 0 aromatic carbocycles. The zero-order chi connectivity index (χ0) is 18.7. The van der Waals surface area contributed by atoms with Gasteiger partial charge in [-0.25, -0.2) is 0 Å². The van der Waals surface area contributed by atoms with Crippen LogP contribution >= 0.6 is 19.4 Å². The molecule has 0 radical (unpaired) electrons. The van der Waals surface area contributed by atoms with E-state index >= 15 is 0 Å². The van der Waals surface area contributed by atoms with Gasteiger partial charge in [-0.05, 0) is 55.4 Å². The third kappa shape index (κ3) is 44.9. The fourth-order valence-corrected chi connectivity index (χ4v) is 0.842. The van der Waals surface area contributed by atoms with Crippen LogP contribution in [-0.4, -0.2) is 49.0 Å². The van der Waals surface area contributed by atoms with Crippen molar-refractivity contribution in [3.05, 3.63) is 0 Å². The molecular weight excluding hydrogens is 420 g/mol. The fourth-order valence-electron chi connectivity index (χ4n) is 0.842. The van der Waals surface area contributed by atoms with Crippen LogP contribution in [0.3, 0.4) is 0 Å². The summed E-state index contributed by atoms with van der Waals surface area (Å²) >= 11 is -0.346. The van der Waals surface area contributed by atoms with Crippen LogP contribution in [0.15, 0.2) is 20.0 Å². The fraction of sp³-hybridized carbons (Fsp3) is 0.750. The first-order valence-electron chi connectivity index (χ1n) is 7.62. The Bertz CT molecular complexity index is 275. The summed E-state index contributed by atoms with van der Waals surface area (Å²) in [6.45, 7) is 16.3. The van der Waals surface area contributed by atoms with Gasteiger partial charge in [-0.2, -0.15) is 0 Å². The number of halogens is 2. The van der Waals surface area contributed by atoms with E-state index < -0.39 is 0 Å². The van der Waals surface area contributed by atoms with E-state index in [0.717, 1.165) is 0 Å². The molecule has 0 N–H and O–H groups in total. The van der Waals surface area contributed by atoms with E-state index in [1.165, 1.54) is 0 Å². The maximum absolute atomic E-state index is 4.85. The third-order valence-electron chi connectivity index (χ3n) is 1.67. The number of rotatable bonds is 6. The maximum atomic E-state index is 4.85. The molecule has 0 aliphatic carbocycles. The molecule has 138 valence electrons. The molecule has 0 aliphatic heterocycles. The van der Waals surface area contributed by atoms with Gasteiger partial charge in [-0.15, -0.1) is 0 Å². The van der Waals surface area contributed by atoms with E-state index in [-0.39, 0.29) is 15.1 Å². The predicted molar refractivity (Wildman–Crippen MR) is 106 cm³/mol. The first-order chi connectivity index (χ1) is 10.7. The van der Waals surface area contributed by atoms with Gasteiger partial charge < -0.3 is 0 Å². The molecule has 0 bridgehead atoms. The van der Waals surface area contributed by atoms with E-state index in [4.69, 9.17) is 19.4 Å². The molecule has 0 heterocycles. The Morgan fingerprint density at radius 1 is 0.522 bits per heavy atom. The SMILES string of the molecule is CC(C)N=CC=NC(C)C.CC(C)N=CC=NC(C)C.[Cl][Ru][Cl]. The molecule has 4 nitrogen and oxygen atoms in total. The second-order valence-corrected chi connectivity index (χ2v) is 8.26. The predicted octanol–water partition coefficient (Wildman–Crippen LogP) is 5.27. The van der Waals surface area contributed by atoms with Crippen LogP contribution < -0.4 is 0 Å². The molecule has 0 saturated carbocycles. The average molecular weight is 452 g/mol. The molecule has 23 heavy (non-hydrogen) atoms. The Hall–Kier alpha value is -0.117. The number of hydrogen-bond acceptors (Lipinski definition) is 4. The van der Waals surface area contributed by atoms with Crippen LogP contribution in [0.5, 0.6) is 0 Å². The Balaban J connectivity index is -0.000000297.